The minimum Gasteiger partial charge on any atom is -0.492 e. The Balaban J connectivity index is 1.50. The predicted octanol–water partition coefficient (Wildman–Crippen LogP) is 4.68. The molecule has 0 bridgehead atoms. The summed E-state index contributed by atoms with van der Waals surface area (Å²) in [5.41, 5.74) is 1.53. The van der Waals surface area contributed by atoms with E-state index in [2.05, 4.69) is 24.2 Å². The van der Waals surface area contributed by atoms with Crippen LogP contribution in [-0.4, -0.2) is 63.5 Å². The number of ether oxygens (including phenoxy) is 4. The summed E-state index contributed by atoms with van der Waals surface area (Å²) in [6.45, 7) is 8.87. The molecule has 2 aromatic carbocycles. The maximum absolute atomic E-state index is 12.8. The Kier molecular flexibility index (Phi) is 11.2. The number of amides is 1. The fourth-order valence-corrected chi connectivity index (χ4v) is 3.95. The fourth-order valence-electron chi connectivity index (χ4n) is 3.95. The molecule has 0 radical (unpaired) electrons. The predicted molar refractivity (Wildman–Crippen MR) is 138 cm³/mol. The molecule has 1 aliphatic heterocycles. The van der Waals surface area contributed by atoms with Crippen LogP contribution in [0.2, 0.25) is 0 Å². The minimum atomic E-state index is -0.155. The van der Waals surface area contributed by atoms with Gasteiger partial charge in [0, 0.05) is 37.9 Å². The number of hydrogen-bond donors (Lipinski definition) is 1. The van der Waals surface area contributed by atoms with Crippen LogP contribution in [-0.2, 0) is 11.3 Å². The molecular formula is C28H40N2O5. The Labute approximate surface area is 209 Å². The summed E-state index contributed by atoms with van der Waals surface area (Å²) in [7, 11) is 2.15. The highest BCUT2D eigenvalue weighted by Gasteiger charge is 2.18. The molecule has 0 unspecified atom stereocenters. The van der Waals surface area contributed by atoms with E-state index in [9.17, 15) is 4.79 Å². The van der Waals surface area contributed by atoms with Crippen LogP contribution in [0.1, 0.15) is 55.5 Å². The van der Waals surface area contributed by atoms with Crippen molar-refractivity contribution in [2.45, 2.75) is 52.1 Å². The van der Waals surface area contributed by atoms with Crippen molar-refractivity contribution in [2.24, 2.45) is 0 Å². The Morgan fingerprint density at radius 3 is 2.46 bits per heavy atom. The molecule has 192 valence electrons. The Hall–Kier alpha value is -2.77. The Morgan fingerprint density at radius 1 is 0.971 bits per heavy atom. The summed E-state index contributed by atoms with van der Waals surface area (Å²) < 4.78 is 23.0. The van der Waals surface area contributed by atoms with E-state index in [0.717, 1.165) is 56.8 Å². The number of rotatable bonds is 14. The minimum absolute atomic E-state index is 0.155. The number of hydrogen-bond acceptors (Lipinski definition) is 6. The SMILES string of the molecule is CCCOc1ccc(C(=O)NCc2cccc(OCCN(C)C3CCOCC3)c2)cc1OCCC. The lowest BCUT2D eigenvalue weighted by Crippen LogP contribution is -2.38. The number of nitrogens with one attached hydrogen (secondary N) is 1. The van der Waals surface area contributed by atoms with Gasteiger partial charge in [0.25, 0.3) is 5.91 Å². The lowest BCUT2D eigenvalue weighted by Gasteiger charge is -2.31. The number of benzene rings is 2. The fraction of sp³-hybridized carbons (Fsp3) is 0.536. The maximum Gasteiger partial charge on any atom is 0.251 e. The van der Waals surface area contributed by atoms with Gasteiger partial charge in [-0.1, -0.05) is 26.0 Å². The first-order valence-corrected chi connectivity index (χ1v) is 12.8. The molecule has 0 aliphatic carbocycles. The molecule has 1 fully saturated rings. The van der Waals surface area contributed by atoms with E-state index in [1.54, 1.807) is 18.2 Å². The zero-order valence-corrected chi connectivity index (χ0v) is 21.4. The number of carbonyl (C=O) groups excluding carboxylic acids is 1. The second-order valence-corrected chi connectivity index (χ2v) is 8.86. The van der Waals surface area contributed by atoms with Gasteiger partial charge in [-0.25, -0.2) is 0 Å². The first-order chi connectivity index (χ1) is 17.1. The van der Waals surface area contributed by atoms with Gasteiger partial charge >= 0.3 is 0 Å². The zero-order chi connectivity index (χ0) is 24.9. The summed E-state index contributed by atoms with van der Waals surface area (Å²) in [6, 6.07) is 13.8. The van der Waals surface area contributed by atoms with Crippen LogP contribution >= 0.6 is 0 Å². The second-order valence-electron chi connectivity index (χ2n) is 8.86. The molecule has 3 rings (SSSR count). The molecule has 1 aliphatic rings. The van der Waals surface area contributed by atoms with Crippen molar-refractivity contribution in [1.29, 1.82) is 0 Å². The molecule has 2 aromatic rings. The van der Waals surface area contributed by atoms with Crippen molar-refractivity contribution in [2.75, 3.05) is 46.6 Å². The van der Waals surface area contributed by atoms with Gasteiger partial charge in [0.15, 0.2) is 11.5 Å². The van der Waals surface area contributed by atoms with Crippen LogP contribution in [0.3, 0.4) is 0 Å². The topological polar surface area (TPSA) is 69.3 Å². The van der Waals surface area contributed by atoms with Crippen molar-refractivity contribution in [3.05, 3.63) is 53.6 Å². The van der Waals surface area contributed by atoms with E-state index in [0.29, 0.717) is 49.5 Å². The highest BCUT2D eigenvalue weighted by molar-refractivity contribution is 5.94. The van der Waals surface area contributed by atoms with Crippen LogP contribution in [0.4, 0.5) is 0 Å². The van der Waals surface area contributed by atoms with Gasteiger partial charge in [-0.2, -0.15) is 0 Å². The molecular weight excluding hydrogens is 444 g/mol. The first kappa shape index (κ1) is 26.8. The Bertz CT molecular complexity index is 914. The van der Waals surface area contributed by atoms with E-state index in [-0.39, 0.29) is 5.91 Å². The molecule has 1 N–H and O–H groups in total. The second kappa shape index (κ2) is 14.6. The molecule has 35 heavy (non-hydrogen) atoms. The van der Waals surface area contributed by atoms with Gasteiger partial charge in [-0.05, 0) is 68.6 Å². The summed E-state index contributed by atoms with van der Waals surface area (Å²) in [4.78, 5) is 15.1. The molecule has 1 heterocycles. The van der Waals surface area contributed by atoms with Gasteiger partial charge in [-0.15, -0.1) is 0 Å². The molecule has 0 saturated carbocycles. The molecule has 0 spiro atoms. The molecule has 1 amide bonds. The third-order valence-electron chi connectivity index (χ3n) is 6.01. The molecule has 0 atom stereocenters. The lowest BCUT2D eigenvalue weighted by atomic mass is 10.1. The molecule has 0 aromatic heterocycles. The molecule has 7 heteroatoms. The van der Waals surface area contributed by atoms with Crippen LogP contribution < -0.4 is 19.5 Å². The maximum atomic E-state index is 12.8. The highest BCUT2D eigenvalue weighted by atomic mass is 16.5. The van der Waals surface area contributed by atoms with Gasteiger partial charge in [0.1, 0.15) is 12.4 Å². The van der Waals surface area contributed by atoms with Crippen molar-refractivity contribution in [3.8, 4) is 17.2 Å². The number of likely N-dealkylation sites (N-methyl/N-ethyl adjacent to an activating group) is 1. The molecule has 7 nitrogen and oxygen atoms in total. The monoisotopic (exact) mass is 484 g/mol. The summed E-state index contributed by atoms with van der Waals surface area (Å²) in [6.07, 6.45) is 3.94. The quantitative estimate of drug-likeness (QED) is 0.420. The van der Waals surface area contributed by atoms with Gasteiger partial charge in [-0.3, -0.25) is 9.69 Å². The Morgan fingerprint density at radius 2 is 1.71 bits per heavy atom. The van der Waals surface area contributed by atoms with Crippen molar-refractivity contribution >= 4 is 5.91 Å². The van der Waals surface area contributed by atoms with Crippen molar-refractivity contribution in [3.63, 3.8) is 0 Å². The third-order valence-corrected chi connectivity index (χ3v) is 6.01. The van der Waals surface area contributed by atoms with E-state index in [1.807, 2.05) is 31.2 Å². The van der Waals surface area contributed by atoms with E-state index in [1.165, 1.54) is 0 Å². The average molecular weight is 485 g/mol. The van der Waals surface area contributed by atoms with Crippen LogP contribution in [0, 0.1) is 0 Å². The van der Waals surface area contributed by atoms with Crippen LogP contribution in [0.15, 0.2) is 42.5 Å². The summed E-state index contributed by atoms with van der Waals surface area (Å²) in [5.74, 6) is 1.93. The smallest absolute Gasteiger partial charge is 0.251 e. The standard InChI is InChI=1S/C28H40N2O5/c1-4-14-34-26-10-9-23(20-27(26)35-15-5-2)28(31)29-21-22-7-6-8-25(19-22)33-18-13-30(3)24-11-16-32-17-12-24/h6-10,19-20,24H,4-5,11-18,21H2,1-3H3,(H,29,31). The zero-order valence-electron chi connectivity index (χ0n) is 21.4. The van der Waals surface area contributed by atoms with Gasteiger partial charge in [0.2, 0.25) is 0 Å². The number of nitrogens with zero attached hydrogens (tertiary/aromatic N) is 1. The number of carbonyl (C=O) groups is 1. The van der Waals surface area contributed by atoms with Crippen molar-refractivity contribution in [1.82, 2.24) is 10.2 Å². The normalized spacial score (nSPS) is 14.1. The van der Waals surface area contributed by atoms with Crippen LogP contribution in [0.25, 0.3) is 0 Å². The summed E-state index contributed by atoms with van der Waals surface area (Å²) >= 11 is 0. The highest BCUT2D eigenvalue weighted by Crippen LogP contribution is 2.29. The van der Waals surface area contributed by atoms with Gasteiger partial charge in [0.05, 0.1) is 13.2 Å². The summed E-state index contributed by atoms with van der Waals surface area (Å²) in [5, 5.41) is 2.99. The van der Waals surface area contributed by atoms with E-state index >= 15 is 0 Å². The van der Waals surface area contributed by atoms with E-state index in [4.69, 9.17) is 18.9 Å². The van der Waals surface area contributed by atoms with Crippen LogP contribution in [0.5, 0.6) is 17.2 Å². The van der Waals surface area contributed by atoms with Crippen molar-refractivity contribution < 1.29 is 23.7 Å². The first-order valence-electron chi connectivity index (χ1n) is 12.8. The average Bonchev–Trinajstić information content (AvgIpc) is 2.90. The largest absolute Gasteiger partial charge is 0.492 e. The lowest BCUT2D eigenvalue weighted by molar-refractivity contribution is 0.0392. The van der Waals surface area contributed by atoms with Gasteiger partial charge < -0.3 is 24.3 Å². The third kappa shape index (κ3) is 8.75. The molecule has 1 saturated heterocycles. The van der Waals surface area contributed by atoms with E-state index < -0.39 is 0 Å².